The molecule has 0 saturated heterocycles. The molecule has 2 heterocycles. The minimum Gasteiger partial charge on any atom is -0.383 e. The highest BCUT2D eigenvalue weighted by Gasteiger charge is 2.13. The molecule has 0 amide bonds. The predicted molar refractivity (Wildman–Crippen MR) is 70.8 cm³/mol. The molecule has 0 unspecified atom stereocenters. The van der Waals surface area contributed by atoms with Crippen molar-refractivity contribution < 1.29 is 8.78 Å². The molecule has 3 rings (SSSR count). The molecule has 20 heavy (non-hydrogen) atoms. The number of rotatable bonds is 2. The summed E-state index contributed by atoms with van der Waals surface area (Å²) >= 11 is 0. The Bertz CT molecular complexity index is 692. The third kappa shape index (κ3) is 2.54. The smallest absolute Gasteiger partial charge is 0.269 e. The number of hydrogen-bond donors (Lipinski definition) is 1. The van der Waals surface area contributed by atoms with E-state index in [1.54, 1.807) is 0 Å². The van der Waals surface area contributed by atoms with Crippen LogP contribution in [0.1, 0.15) is 17.7 Å². The van der Waals surface area contributed by atoms with E-state index in [1.165, 1.54) is 22.9 Å². The largest absolute Gasteiger partial charge is 0.383 e. The predicted octanol–water partition coefficient (Wildman–Crippen LogP) is 1.93. The molecular formula is C14H13F2N3O. The highest BCUT2D eigenvalue weighted by molar-refractivity contribution is 5.48. The van der Waals surface area contributed by atoms with Crippen LogP contribution in [0.5, 0.6) is 0 Å². The van der Waals surface area contributed by atoms with Gasteiger partial charge in [0.25, 0.3) is 5.56 Å². The summed E-state index contributed by atoms with van der Waals surface area (Å²) in [5.74, 6) is -1.32. The van der Waals surface area contributed by atoms with Crippen LogP contribution in [0.3, 0.4) is 0 Å². The molecule has 6 heteroatoms. The van der Waals surface area contributed by atoms with E-state index in [0.717, 1.165) is 36.8 Å². The van der Waals surface area contributed by atoms with Gasteiger partial charge in [-0.25, -0.2) is 13.5 Å². The highest BCUT2D eigenvalue weighted by Crippen LogP contribution is 2.17. The first-order chi connectivity index (χ1) is 9.61. The van der Waals surface area contributed by atoms with Gasteiger partial charge in [-0.15, -0.1) is 0 Å². The van der Waals surface area contributed by atoms with Gasteiger partial charge < -0.3 is 5.32 Å². The third-order valence-corrected chi connectivity index (χ3v) is 3.24. The van der Waals surface area contributed by atoms with Crippen LogP contribution in [0.15, 0.2) is 29.1 Å². The molecule has 0 bridgehead atoms. The van der Waals surface area contributed by atoms with Crippen LogP contribution >= 0.6 is 0 Å². The van der Waals surface area contributed by atoms with Crippen LogP contribution in [0, 0.1) is 11.6 Å². The fourth-order valence-corrected chi connectivity index (χ4v) is 2.34. The number of nitrogens with one attached hydrogen (secondary N) is 1. The lowest BCUT2D eigenvalue weighted by molar-refractivity contribution is 0.566. The van der Waals surface area contributed by atoms with E-state index in [9.17, 15) is 13.6 Å². The first kappa shape index (κ1) is 12.8. The van der Waals surface area contributed by atoms with Gasteiger partial charge in [-0.05, 0) is 30.5 Å². The maximum Gasteiger partial charge on any atom is 0.269 e. The third-order valence-electron chi connectivity index (χ3n) is 3.24. The topological polar surface area (TPSA) is 46.9 Å². The summed E-state index contributed by atoms with van der Waals surface area (Å²) in [5, 5.41) is 7.38. The Kier molecular flexibility index (Phi) is 3.22. The number of aromatic nitrogens is 2. The molecule has 0 spiro atoms. The fraction of sp³-hybridized carbons (Fsp3) is 0.286. The maximum atomic E-state index is 13.1. The number of nitrogens with zero attached hydrogens (tertiary/aromatic N) is 2. The zero-order valence-electron chi connectivity index (χ0n) is 10.7. The highest BCUT2D eigenvalue weighted by atomic mass is 19.1. The molecule has 0 radical (unpaired) electrons. The Labute approximate surface area is 114 Å². The minimum absolute atomic E-state index is 0.0563. The Morgan fingerprint density at radius 3 is 2.70 bits per heavy atom. The van der Waals surface area contributed by atoms with E-state index in [4.69, 9.17) is 0 Å². The average molecular weight is 277 g/mol. The average Bonchev–Trinajstić information content (AvgIpc) is 2.38. The van der Waals surface area contributed by atoms with Crippen LogP contribution in [0.4, 0.5) is 14.5 Å². The van der Waals surface area contributed by atoms with Crippen LogP contribution < -0.4 is 10.9 Å². The number of anilines is 1. The van der Waals surface area contributed by atoms with Crippen molar-refractivity contribution in [3.63, 3.8) is 0 Å². The second-order valence-corrected chi connectivity index (χ2v) is 4.81. The molecule has 0 aliphatic carbocycles. The van der Waals surface area contributed by atoms with Crippen molar-refractivity contribution in [2.24, 2.45) is 0 Å². The minimum atomic E-state index is -0.660. The molecule has 0 fully saturated rings. The van der Waals surface area contributed by atoms with E-state index in [-0.39, 0.29) is 12.1 Å². The van der Waals surface area contributed by atoms with Gasteiger partial charge in [0.15, 0.2) is 0 Å². The number of benzene rings is 1. The van der Waals surface area contributed by atoms with Gasteiger partial charge in [-0.2, -0.15) is 5.10 Å². The van der Waals surface area contributed by atoms with Crippen molar-refractivity contribution in [2.75, 3.05) is 11.9 Å². The molecule has 2 aromatic rings. The summed E-state index contributed by atoms with van der Waals surface area (Å²) in [6.07, 6.45) is 1.74. The molecule has 104 valence electrons. The van der Waals surface area contributed by atoms with Crippen molar-refractivity contribution >= 4 is 5.69 Å². The van der Waals surface area contributed by atoms with Crippen molar-refractivity contribution in [3.05, 3.63) is 57.5 Å². The van der Waals surface area contributed by atoms with Crippen LogP contribution in [0.25, 0.3) is 0 Å². The summed E-state index contributed by atoms with van der Waals surface area (Å²) < 4.78 is 27.5. The van der Waals surface area contributed by atoms with Crippen LogP contribution in [-0.2, 0) is 13.0 Å². The van der Waals surface area contributed by atoms with Gasteiger partial charge in [0.05, 0.1) is 17.9 Å². The number of halogens is 2. The van der Waals surface area contributed by atoms with Crippen molar-refractivity contribution in [3.8, 4) is 0 Å². The van der Waals surface area contributed by atoms with E-state index >= 15 is 0 Å². The Morgan fingerprint density at radius 2 is 1.95 bits per heavy atom. The summed E-state index contributed by atoms with van der Waals surface area (Å²) in [5.41, 5.74) is 1.65. The first-order valence-electron chi connectivity index (χ1n) is 6.42. The molecule has 1 aromatic heterocycles. The molecule has 0 saturated carbocycles. The Morgan fingerprint density at radius 1 is 1.20 bits per heavy atom. The number of fused-ring (bicyclic) bond motifs is 1. The summed E-state index contributed by atoms with van der Waals surface area (Å²) in [7, 11) is 0. The lowest BCUT2D eigenvalue weighted by Gasteiger charge is -2.17. The summed E-state index contributed by atoms with van der Waals surface area (Å²) in [6.45, 7) is 0.883. The monoisotopic (exact) mass is 277 g/mol. The van der Waals surface area contributed by atoms with Gasteiger partial charge in [0.1, 0.15) is 11.6 Å². The van der Waals surface area contributed by atoms with E-state index < -0.39 is 11.6 Å². The fourth-order valence-electron chi connectivity index (χ4n) is 2.34. The maximum absolute atomic E-state index is 13.1. The number of aryl methyl sites for hydroxylation is 1. The Balaban J connectivity index is 1.96. The lowest BCUT2D eigenvalue weighted by Crippen LogP contribution is -2.27. The second kappa shape index (κ2) is 5.03. The molecule has 0 atom stereocenters. The van der Waals surface area contributed by atoms with E-state index in [1.807, 2.05) is 0 Å². The van der Waals surface area contributed by atoms with Crippen molar-refractivity contribution in [2.45, 2.75) is 19.4 Å². The first-order valence-corrected chi connectivity index (χ1v) is 6.42. The molecule has 1 aromatic carbocycles. The van der Waals surface area contributed by atoms with Crippen molar-refractivity contribution in [1.82, 2.24) is 9.78 Å². The van der Waals surface area contributed by atoms with Gasteiger partial charge in [0.2, 0.25) is 0 Å². The lowest BCUT2D eigenvalue weighted by atomic mass is 10.1. The quantitative estimate of drug-likeness (QED) is 0.912. The van der Waals surface area contributed by atoms with E-state index in [0.29, 0.717) is 5.56 Å². The standard InChI is InChI=1S/C14H13F2N3O/c15-10-4-9(5-11(16)6-10)8-19-14(20)7-13-12(18-19)2-1-3-17-13/h4-7,17H,1-3,8H2. The van der Waals surface area contributed by atoms with Gasteiger partial charge in [0, 0.05) is 18.7 Å². The molecule has 4 nitrogen and oxygen atoms in total. The van der Waals surface area contributed by atoms with Gasteiger partial charge >= 0.3 is 0 Å². The molecule has 1 aliphatic heterocycles. The summed E-state index contributed by atoms with van der Waals surface area (Å²) in [6, 6.07) is 4.69. The van der Waals surface area contributed by atoms with Gasteiger partial charge in [-0.3, -0.25) is 4.79 Å². The van der Waals surface area contributed by atoms with E-state index in [2.05, 4.69) is 10.4 Å². The summed E-state index contributed by atoms with van der Waals surface area (Å²) in [4.78, 5) is 11.9. The zero-order chi connectivity index (χ0) is 14.1. The van der Waals surface area contributed by atoms with Crippen LogP contribution in [0.2, 0.25) is 0 Å². The molecular weight excluding hydrogens is 264 g/mol. The molecule has 1 aliphatic rings. The molecule has 1 N–H and O–H groups in total. The zero-order valence-corrected chi connectivity index (χ0v) is 10.7. The Hall–Kier alpha value is -2.24. The van der Waals surface area contributed by atoms with Gasteiger partial charge in [-0.1, -0.05) is 0 Å². The normalized spacial score (nSPS) is 13.7. The van der Waals surface area contributed by atoms with Crippen LogP contribution in [-0.4, -0.2) is 16.3 Å². The van der Waals surface area contributed by atoms with Crippen molar-refractivity contribution in [1.29, 1.82) is 0 Å². The second-order valence-electron chi connectivity index (χ2n) is 4.81. The number of hydrogen-bond acceptors (Lipinski definition) is 3. The SMILES string of the molecule is O=c1cc2c(nn1Cc1cc(F)cc(F)c1)CCCN2.